The fraction of sp³-hybridized carbons (Fsp3) is 0.238. The van der Waals surface area contributed by atoms with Crippen molar-refractivity contribution in [3.05, 3.63) is 64.3 Å². The Kier molecular flexibility index (Phi) is 5.29. The lowest BCUT2D eigenvalue weighted by Crippen LogP contribution is -2.50. The van der Waals surface area contributed by atoms with Gasteiger partial charge in [0.15, 0.2) is 0 Å². The fourth-order valence-electron chi connectivity index (χ4n) is 3.42. The lowest BCUT2D eigenvalue weighted by atomic mass is 10.2. The van der Waals surface area contributed by atoms with Gasteiger partial charge in [0.2, 0.25) is 0 Å². The van der Waals surface area contributed by atoms with Crippen molar-refractivity contribution in [2.45, 2.75) is 6.92 Å². The van der Waals surface area contributed by atoms with Crippen molar-refractivity contribution < 1.29 is 4.79 Å². The quantitative estimate of drug-likeness (QED) is 0.626. The Morgan fingerprint density at radius 3 is 2.39 bits per heavy atom. The zero-order valence-electron chi connectivity index (χ0n) is 15.5. The van der Waals surface area contributed by atoms with Gasteiger partial charge in [-0.15, -0.1) is 0 Å². The van der Waals surface area contributed by atoms with Crippen LogP contribution in [0.3, 0.4) is 0 Å². The number of rotatable bonds is 2. The van der Waals surface area contributed by atoms with Crippen LogP contribution in [0.25, 0.3) is 10.9 Å². The van der Waals surface area contributed by atoms with E-state index in [2.05, 4.69) is 15.2 Å². The summed E-state index contributed by atoms with van der Waals surface area (Å²) >= 11 is 12.2. The largest absolute Gasteiger partial charge is 0.368 e. The van der Waals surface area contributed by atoms with E-state index in [9.17, 15) is 4.79 Å². The summed E-state index contributed by atoms with van der Waals surface area (Å²) in [7, 11) is 0. The average molecular weight is 415 g/mol. The first-order valence-corrected chi connectivity index (χ1v) is 9.88. The Balaban J connectivity index is 1.42. The molecule has 3 aromatic rings. The molecule has 7 heteroatoms. The molecule has 1 aliphatic heterocycles. The number of piperazine rings is 1. The molecule has 0 unspecified atom stereocenters. The Labute approximate surface area is 173 Å². The summed E-state index contributed by atoms with van der Waals surface area (Å²) in [6.07, 6.45) is 0. The molecule has 144 valence electrons. The third kappa shape index (κ3) is 4.01. The molecule has 1 saturated heterocycles. The zero-order valence-corrected chi connectivity index (χ0v) is 17.0. The lowest BCUT2D eigenvalue weighted by Gasteiger charge is -2.36. The van der Waals surface area contributed by atoms with E-state index in [1.807, 2.05) is 54.3 Å². The van der Waals surface area contributed by atoms with E-state index < -0.39 is 0 Å². The fourth-order valence-corrected chi connectivity index (χ4v) is 3.94. The van der Waals surface area contributed by atoms with Gasteiger partial charge in [0, 0.05) is 47.3 Å². The van der Waals surface area contributed by atoms with Crippen LogP contribution in [0.1, 0.15) is 5.69 Å². The van der Waals surface area contributed by atoms with Crippen molar-refractivity contribution in [2.24, 2.45) is 0 Å². The van der Waals surface area contributed by atoms with E-state index in [1.165, 1.54) is 0 Å². The van der Waals surface area contributed by atoms with E-state index in [1.54, 1.807) is 6.07 Å². The predicted molar refractivity (Wildman–Crippen MR) is 116 cm³/mol. The van der Waals surface area contributed by atoms with Gasteiger partial charge in [-0.05, 0) is 37.3 Å². The van der Waals surface area contributed by atoms with Crippen LogP contribution >= 0.6 is 23.2 Å². The monoisotopic (exact) mass is 414 g/mol. The Morgan fingerprint density at radius 1 is 1.00 bits per heavy atom. The summed E-state index contributed by atoms with van der Waals surface area (Å²) in [5, 5.41) is 5.24. The molecule has 0 atom stereocenters. The number of aromatic nitrogens is 1. The number of urea groups is 1. The van der Waals surface area contributed by atoms with Crippen LogP contribution in [0.5, 0.6) is 0 Å². The van der Waals surface area contributed by atoms with Crippen molar-refractivity contribution in [1.29, 1.82) is 0 Å². The van der Waals surface area contributed by atoms with Crippen molar-refractivity contribution in [1.82, 2.24) is 9.88 Å². The van der Waals surface area contributed by atoms with Crippen LogP contribution in [0.15, 0.2) is 48.5 Å². The van der Waals surface area contributed by atoms with E-state index in [-0.39, 0.29) is 6.03 Å². The third-order valence-corrected chi connectivity index (χ3v) is 5.37. The highest BCUT2D eigenvalue weighted by atomic mass is 35.5. The molecule has 0 spiro atoms. The Morgan fingerprint density at radius 2 is 1.68 bits per heavy atom. The van der Waals surface area contributed by atoms with E-state index in [0.29, 0.717) is 23.1 Å². The molecule has 0 bridgehead atoms. The van der Waals surface area contributed by atoms with Crippen molar-refractivity contribution in [3.63, 3.8) is 0 Å². The van der Waals surface area contributed by atoms with Gasteiger partial charge in [-0.2, -0.15) is 0 Å². The number of fused-ring (bicyclic) bond motifs is 1. The number of nitrogens with one attached hydrogen (secondary N) is 1. The second-order valence-electron chi connectivity index (χ2n) is 6.85. The predicted octanol–water partition coefficient (Wildman–Crippen LogP) is 5.20. The van der Waals surface area contributed by atoms with Crippen LogP contribution in [0, 0.1) is 6.92 Å². The smallest absolute Gasteiger partial charge is 0.322 e. The van der Waals surface area contributed by atoms with Gasteiger partial charge in [-0.3, -0.25) is 4.98 Å². The van der Waals surface area contributed by atoms with E-state index in [0.717, 1.165) is 41.1 Å². The SMILES string of the molecule is Cc1nc2ccccc2cc1NC(=O)N1CCN(c2cc(Cl)cc(Cl)c2)CC1. The number of aryl methyl sites for hydroxylation is 1. The van der Waals surface area contributed by atoms with Gasteiger partial charge in [0.25, 0.3) is 0 Å². The molecule has 2 amide bonds. The maximum Gasteiger partial charge on any atom is 0.322 e. The number of nitrogens with zero attached hydrogens (tertiary/aromatic N) is 3. The Hall–Kier alpha value is -2.50. The maximum atomic E-state index is 12.7. The number of hydrogen-bond donors (Lipinski definition) is 1. The summed E-state index contributed by atoms with van der Waals surface area (Å²) in [6, 6.07) is 15.3. The number of carbonyl (C=O) groups excluding carboxylic acids is 1. The highest BCUT2D eigenvalue weighted by Crippen LogP contribution is 2.26. The summed E-state index contributed by atoms with van der Waals surface area (Å²) in [6.45, 7) is 4.59. The van der Waals surface area contributed by atoms with Gasteiger partial charge in [0.05, 0.1) is 16.9 Å². The van der Waals surface area contributed by atoms with Crippen LogP contribution in [0.2, 0.25) is 10.0 Å². The topological polar surface area (TPSA) is 48.5 Å². The van der Waals surface area contributed by atoms with E-state index >= 15 is 0 Å². The molecule has 1 N–H and O–H groups in total. The molecule has 2 heterocycles. The average Bonchev–Trinajstić information content (AvgIpc) is 2.68. The minimum absolute atomic E-state index is 0.107. The van der Waals surface area contributed by atoms with Crippen LogP contribution in [-0.4, -0.2) is 42.1 Å². The molecular weight excluding hydrogens is 395 g/mol. The number of pyridine rings is 1. The van der Waals surface area contributed by atoms with Crippen molar-refractivity contribution in [3.8, 4) is 0 Å². The molecule has 4 rings (SSSR count). The number of benzene rings is 2. The number of amides is 2. The molecule has 0 saturated carbocycles. The minimum Gasteiger partial charge on any atom is -0.368 e. The summed E-state index contributed by atoms with van der Waals surface area (Å²) in [5.41, 5.74) is 3.45. The van der Waals surface area contributed by atoms with Crippen molar-refractivity contribution >= 4 is 51.5 Å². The van der Waals surface area contributed by atoms with Crippen LogP contribution in [0.4, 0.5) is 16.2 Å². The van der Waals surface area contributed by atoms with Gasteiger partial charge in [0.1, 0.15) is 0 Å². The second-order valence-corrected chi connectivity index (χ2v) is 7.72. The van der Waals surface area contributed by atoms with E-state index in [4.69, 9.17) is 23.2 Å². The van der Waals surface area contributed by atoms with Crippen LogP contribution in [-0.2, 0) is 0 Å². The highest BCUT2D eigenvalue weighted by molar-refractivity contribution is 6.35. The number of para-hydroxylation sites is 1. The number of halogens is 2. The number of hydrogen-bond acceptors (Lipinski definition) is 3. The lowest BCUT2D eigenvalue weighted by molar-refractivity contribution is 0.208. The molecule has 1 aromatic heterocycles. The summed E-state index contributed by atoms with van der Waals surface area (Å²) in [4.78, 5) is 21.3. The zero-order chi connectivity index (χ0) is 19.7. The minimum atomic E-state index is -0.107. The molecule has 0 radical (unpaired) electrons. The molecule has 2 aromatic carbocycles. The normalized spacial score (nSPS) is 14.4. The molecular formula is C21H20Cl2N4O. The first-order chi connectivity index (χ1) is 13.5. The Bertz CT molecular complexity index is 1010. The standard InChI is InChI=1S/C21H20Cl2N4O/c1-14-20(10-15-4-2-3-5-19(15)24-14)25-21(28)27-8-6-26(7-9-27)18-12-16(22)11-17(23)13-18/h2-5,10-13H,6-9H2,1H3,(H,25,28). The third-order valence-electron chi connectivity index (χ3n) is 4.94. The highest BCUT2D eigenvalue weighted by Gasteiger charge is 2.22. The molecule has 28 heavy (non-hydrogen) atoms. The molecule has 1 fully saturated rings. The van der Waals surface area contributed by atoms with Crippen molar-refractivity contribution in [2.75, 3.05) is 36.4 Å². The number of carbonyl (C=O) groups is 1. The number of anilines is 2. The van der Waals surface area contributed by atoms with Gasteiger partial charge < -0.3 is 15.1 Å². The first-order valence-electron chi connectivity index (χ1n) is 9.13. The maximum absolute atomic E-state index is 12.7. The summed E-state index contributed by atoms with van der Waals surface area (Å²) < 4.78 is 0. The molecule has 1 aliphatic rings. The van der Waals surface area contributed by atoms with Gasteiger partial charge >= 0.3 is 6.03 Å². The summed E-state index contributed by atoms with van der Waals surface area (Å²) in [5.74, 6) is 0. The van der Waals surface area contributed by atoms with Gasteiger partial charge in [-0.1, -0.05) is 41.4 Å². The van der Waals surface area contributed by atoms with Crippen LogP contribution < -0.4 is 10.2 Å². The first kappa shape index (κ1) is 18.8. The molecule has 5 nitrogen and oxygen atoms in total. The second kappa shape index (κ2) is 7.86. The molecule has 0 aliphatic carbocycles. The van der Waals surface area contributed by atoms with Gasteiger partial charge in [-0.25, -0.2) is 4.79 Å².